The number of para-hydroxylation sites is 2. The summed E-state index contributed by atoms with van der Waals surface area (Å²) in [7, 11) is 0. The third kappa shape index (κ3) is 4.79. The number of carbonyl (C=O) groups is 2. The van der Waals surface area contributed by atoms with Crippen LogP contribution in [-0.4, -0.2) is 18.2 Å². The van der Waals surface area contributed by atoms with Gasteiger partial charge in [-0.2, -0.15) is 0 Å². The molecular weight excluding hydrogens is 300 g/mol. The summed E-state index contributed by atoms with van der Waals surface area (Å²) in [6.45, 7) is 0. The highest BCUT2D eigenvalue weighted by Gasteiger charge is 2.14. The van der Waals surface area contributed by atoms with Crippen molar-refractivity contribution in [1.29, 1.82) is 0 Å². The van der Waals surface area contributed by atoms with Crippen LogP contribution < -0.4 is 9.47 Å². The summed E-state index contributed by atoms with van der Waals surface area (Å²) in [6.07, 6.45) is 2.82. The average molecular weight is 314 g/mol. The Hall–Kier alpha value is -2.53. The van der Waals surface area contributed by atoms with Crippen molar-refractivity contribution < 1.29 is 19.1 Å². The predicted molar refractivity (Wildman–Crippen MR) is 85.8 cm³/mol. The van der Waals surface area contributed by atoms with Gasteiger partial charge >= 0.3 is 11.9 Å². The van der Waals surface area contributed by atoms with Gasteiger partial charge in [0.25, 0.3) is 0 Å². The fourth-order valence-corrected chi connectivity index (χ4v) is 2.01. The molecule has 2 aromatic carbocycles. The third-order valence-electron chi connectivity index (χ3n) is 2.59. The van der Waals surface area contributed by atoms with E-state index in [0.29, 0.717) is 11.5 Å². The number of thioether (sulfide) groups is 1. The number of hydrogen-bond donors (Lipinski definition) is 0. The predicted octanol–water partition coefficient (Wildman–Crippen LogP) is 3.44. The van der Waals surface area contributed by atoms with Crippen LogP contribution in [0, 0.1) is 0 Å². The first-order valence-electron chi connectivity index (χ1n) is 6.49. The van der Waals surface area contributed by atoms with Crippen molar-refractivity contribution >= 4 is 23.7 Å². The Labute approximate surface area is 132 Å². The molecule has 0 fully saturated rings. The van der Waals surface area contributed by atoms with E-state index in [4.69, 9.17) is 9.47 Å². The summed E-state index contributed by atoms with van der Waals surface area (Å²) in [6, 6.07) is 17.3. The van der Waals surface area contributed by atoms with E-state index in [-0.39, 0.29) is 4.91 Å². The van der Waals surface area contributed by atoms with Crippen LogP contribution in [0.1, 0.15) is 0 Å². The van der Waals surface area contributed by atoms with Crippen LogP contribution in [0.3, 0.4) is 0 Å². The van der Waals surface area contributed by atoms with Gasteiger partial charge < -0.3 is 9.47 Å². The van der Waals surface area contributed by atoms with E-state index in [0.717, 1.165) is 17.8 Å². The standard InChI is InChI=1S/C17H14O4S/c1-22-15(17(19)21-14-10-6-3-7-11-14)12-16(18)20-13-8-4-2-5-9-13/h2-12H,1H3/b15-12+. The van der Waals surface area contributed by atoms with Crippen molar-refractivity contribution in [2.75, 3.05) is 6.26 Å². The molecule has 0 saturated heterocycles. The molecule has 0 aliphatic heterocycles. The van der Waals surface area contributed by atoms with E-state index in [1.165, 1.54) is 0 Å². The van der Waals surface area contributed by atoms with E-state index in [1.54, 1.807) is 54.8 Å². The number of benzene rings is 2. The van der Waals surface area contributed by atoms with Crippen LogP contribution >= 0.6 is 11.8 Å². The summed E-state index contributed by atoms with van der Waals surface area (Å²) < 4.78 is 10.3. The van der Waals surface area contributed by atoms with Crippen molar-refractivity contribution in [3.8, 4) is 11.5 Å². The van der Waals surface area contributed by atoms with E-state index < -0.39 is 11.9 Å². The molecule has 4 nitrogen and oxygen atoms in total. The van der Waals surface area contributed by atoms with E-state index in [1.807, 2.05) is 12.1 Å². The highest BCUT2D eigenvalue weighted by Crippen LogP contribution is 2.18. The summed E-state index contributed by atoms with van der Waals surface area (Å²) in [4.78, 5) is 24.0. The average Bonchev–Trinajstić information content (AvgIpc) is 2.54. The minimum atomic E-state index is -0.624. The number of hydrogen-bond acceptors (Lipinski definition) is 5. The zero-order valence-corrected chi connectivity index (χ0v) is 12.7. The second-order valence-electron chi connectivity index (χ2n) is 4.15. The molecule has 0 bridgehead atoms. The van der Waals surface area contributed by atoms with Gasteiger partial charge in [-0.05, 0) is 30.5 Å². The fraction of sp³-hybridized carbons (Fsp3) is 0.0588. The summed E-state index contributed by atoms with van der Waals surface area (Å²) in [5.74, 6) is -0.381. The van der Waals surface area contributed by atoms with Crippen molar-refractivity contribution in [2.45, 2.75) is 0 Å². The van der Waals surface area contributed by atoms with Crippen molar-refractivity contribution in [1.82, 2.24) is 0 Å². The molecule has 0 radical (unpaired) electrons. The van der Waals surface area contributed by atoms with Crippen LogP contribution in [-0.2, 0) is 9.59 Å². The second-order valence-corrected chi connectivity index (χ2v) is 5.00. The number of rotatable bonds is 5. The molecule has 0 unspecified atom stereocenters. The van der Waals surface area contributed by atoms with Gasteiger partial charge in [0.2, 0.25) is 0 Å². The molecule has 0 spiro atoms. The molecule has 0 aliphatic carbocycles. The zero-order chi connectivity index (χ0) is 15.8. The molecule has 0 amide bonds. The van der Waals surface area contributed by atoms with Crippen LogP contribution in [0.25, 0.3) is 0 Å². The maximum Gasteiger partial charge on any atom is 0.350 e. The van der Waals surface area contributed by atoms with Crippen molar-refractivity contribution in [3.05, 3.63) is 71.6 Å². The Kier molecular flexibility index (Phi) is 5.80. The maximum atomic E-state index is 12.0. The summed E-state index contributed by atoms with van der Waals surface area (Å²) in [5, 5.41) is 0. The van der Waals surface area contributed by atoms with Crippen LogP contribution in [0.4, 0.5) is 0 Å². The molecule has 0 heterocycles. The van der Waals surface area contributed by atoms with E-state index >= 15 is 0 Å². The van der Waals surface area contributed by atoms with Crippen molar-refractivity contribution in [2.24, 2.45) is 0 Å². The lowest BCUT2D eigenvalue weighted by atomic mass is 10.3. The van der Waals surface area contributed by atoms with Gasteiger partial charge in [0.1, 0.15) is 11.5 Å². The summed E-state index contributed by atoms with van der Waals surface area (Å²) >= 11 is 1.12. The van der Waals surface area contributed by atoms with E-state index in [9.17, 15) is 9.59 Å². The Bertz CT molecular complexity index is 666. The minimum Gasteiger partial charge on any atom is -0.423 e. The largest absolute Gasteiger partial charge is 0.423 e. The molecule has 22 heavy (non-hydrogen) atoms. The van der Waals surface area contributed by atoms with Crippen LogP contribution in [0.15, 0.2) is 71.6 Å². The van der Waals surface area contributed by atoms with Gasteiger partial charge in [-0.25, -0.2) is 9.59 Å². The molecule has 5 heteroatoms. The third-order valence-corrected chi connectivity index (χ3v) is 3.31. The topological polar surface area (TPSA) is 52.6 Å². The molecule has 0 atom stereocenters. The van der Waals surface area contributed by atoms with E-state index in [2.05, 4.69) is 0 Å². The molecule has 0 N–H and O–H groups in total. The normalized spacial score (nSPS) is 10.9. The molecule has 0 aromatic heterocycles. The van der Waals surface area contributed by atoms with Gasteiger partial charge in [-0.15, -0.1) is 11.8 Å². The molecule has 2 aromatic rings. The fourth-order valence-electron chi connectivity index (χ4n) is 1.59. The van der Waals surface area contributed by atoms with Gasteiger partial charge in [-0.1, -0.05) is 36.4 Å². The number of ether oxygens (including phenoxy) is 2. The second kappa shape index (κ2) is 8.05. The monoisotopic (exact) mass is 314 g/mol. The highest BCUT2D eigenvalue weighted by atomic mass is 32.2. The summed E-state index contributed by atoms with van der Waals surface area (Å²) in [5.41, 5.74) is 0. The Balaban J connectivity index is 2.03. The quantitative estimate of drug-likeness (QED) is 0.481. The van der Waals surface area contributed by atoms with Crippen molar-refractivity contribution in [3.63, 3.8) is 0 Å². The molecular formula is C17H14O4S. The smallest absolute Gasteiger partial charge is 0.350 e. The minimum absolute atomic E-state index is 0.171. The number of carbonyl (C=O) groups excluding carboxylic acids is 2. The van der Waals surface area contributed by atoms with Gasteiger partial charge in [0, 0.05) is 6.08 Å². The van der Waals surface area contributed by atoms with Gasteiger partial charge in [-0.3, -0.25) is 0 Å². The lowest BCUT2D eigenvalue weighted by molar-refractivity contribution is -0.131. The van der Waals surface area contributed by atoms with Crippen LogP contribution in [0.5, 0.6) is 11.5 Å². The Morgan fingerprint density at radius 2 is 1.36 bits per heavy atom. The first-order valence-corrected chi connectivity index (χ1v) is 7.71. The van der Waals surface area contributed by atoms with Gasteiger partial charge in [0.15, 0.2) is 0 Å². The Morgan fingerprint density at radius 3 is 1.86 bits per heavy atom. The molecule has 0 aliphatic rings. The molecule has 2 rings (SSSR count). The lowest BCUT2D eigenvalue weighted by Crippen LogP contribution is -2.12. The first kappa shape index (κ1) is 15.9. The van der Waals surface area contributed by atoms with Gasteiger partial charge in [0.05, 0.1) is 4.91 Å². The SMILES string of the molecule is CS/C(=C/C(=O)Oc1ccccc1)C(=O)Oc1ccccc1. The highest BCUT2D eigenvalue weighted by molar-refractivity contribution is 8.03. The maximum absolute atomic E-state index is 12.0. The Morgan fingerprint density at radius 1 is 0.864 bits per heavy atom. The first-order chi connectivity index (χ1) is 10.7. The van der Waals surface area contributed by atoms with Crippen LogP contribution in [0.2, 0.25) is 0 Å². The molecule has 112 valence electrons. The lowest BCUT2D eigenvalue weighted by Gasteiger charge is -2.06. The molecule has 0 saturated carbocycles. The zero-order valence-electron chi connectivity index (χ0n) is 11.9. The number of esters is 2.